The molecule has 0 aliphatic rings. The highest BCUT2D eigenvalue weighted by Gasteiger charge is 2.30. The summed E-state index contributed by atoms with van der Waals surface area (Å²) in [5, 5.41) is 10.7. The Bertz CT molecular complexity index is 847. The van der Waals surface area contributed by atoms with Crippen LogP contribution in [0, 0.1) is 0 Å². The summed E-state index contributed by atoms with van der Waals surface area (Å²) in [6.45, 7) is 4.16. The van der Waals surface area contributed by atoms with Crippen LogP contribution in [0.4, 0.5) is 0 Å². The minimum atomic E-state index is -0.340. The lowest BCUT2D eigenvalue weighted by Gasteiger charge is -2.22. The van der Waals surface area contributed by atoms with Gasteiger partial charge in [-0.1, -0.05) is 32.0 Å². The maximum absolute atomic E-state index is 11.9. The van der Waals surface area contributed by atoms with Crippen LogP contribution < -0.4 is 5.32 Å². The number of aromatic nitrogens is 2. The van der Waals surface area contributed by atoms with Gasteiger partial charge in [0.2, 0.25) is 5.91 Å². The molecule has 0 atom stereocenters. The van der Waals surface area contributed by atoms with Gasteiger partial charge in [0.25, 0.3) is 0 Å². The van der Waals surface area contributed by atoms with Gasteiger partial charge in [0, 0.05) is 41.8 Å². The molecular formula is C18H21N3OS. The van der Waals surface area contributed by atoms with Crippen LogP contribution >= 0.6 is 11.3 Å². The number of carbonyl (C=O) groups excluding carboxylic acids is 1. The molecule has 0 unspecified atom stereocenters. The first-order valence-electron chi connectivity index (χ1n) is 7.64. The van der Waals surface area contributed by atoms with E-state index in [1.54, 1.807) is 18.4 Å². The molecule has 1 N–H and O–H groups in total. The molecule has 120 valence electrons. The Morgan fingerprint density at radius 1 is 1.30 bits per heavy atom. The van der Waals surface area contributed by atoms with Crippen molar-refractivity contribution >= 4 is 28.1 Å². The summed E-state index contributed by atoms with van der Waals surface area (Å²) in [4.78, 5) is 13.1. The zero-order chi connectivity index (χ0) is 16.6. The van der Waals surface area contributed by atoms with Gasteiger partial charge < -0.3 is 5.32 Å². The van der Waals surface area contributed by atoms with Crippen molar-refractivity contribution in [2.75, 3.05) is 7.05 Å². The first-order valence-corrected chi connectivity index (χ1v) is 8.52. The van der Waals surface area contributed by atoms with Crippen LogP contribution in [-0.4, -0.2) is 22.7 Å². The summed E-state index contributed by atoms with van der Waals surface area (Å²) in [5.41, 5.74) is 2.91. The van der Waals surface area contributed by atoms with Gasteiger partial charge in [-0.3, -0.25) is 9.48 Å². The molecule has 0 saturated carbocycles. The van der Waals surface area contributed by atoms with Crippen molar-refractivity contribution in [2.24, 2.45) is 7.05 Å². The van der Waals surface area contributed by atoms with E-state index in [1.807, 2.05) is 11.7 Å². The summed E-state index contributed by atoms with van der Waals surface area (Å²) in [7, 11) is 3.63. The summed E-state index contributed by atoms with van der Waals surface area (Å²) in [6.07, 6.45) is 0.411. The first-order chi connectivity index (χ1) is 10.9. The number of nitrogens with one attached hydrogen (secondary N) is 1. The van der Waals surface area contributed by atoms with E-state index in [0.717, 1.165) is 16.6 Å². The Labute approximate surface area is 140 Å². The molecule has 0 aliphatic carbocycles. The Morgan fingerprint density at radius 2 is 2.09 bits per heavy atom. The molecule has 0 radical (unpaired) electrons. The Morgan fingerprint density at radius 3 is 2.74 bits per heavy atom. The minimum Gasteiger partial charge on any atom is -0.359 e. The average molecular weight is 327 g/mol. The molecule has 0 spiro atoms. The van der Waals surface area contributed by atoms with Crippen LogP contribution in [0.5, 0.6) is 0 Å². The molecule has 1 aromatic carbocycles. The zero-order valence-electron chi connectivity index (χ0n) is 13.9. The third-order valence-electron chi connectivity index (χ3n) is 4.19. The van der Waals surface area contributed by atoms with Gasteiger partial charge >= 0.3 is 0 Å². The highest BCUT2D eigenvalue weighted by atomic mass is 32.1. The number of nitrogens with zero attached hydrogens (tertiary/aromatic N) is 2. The third kappa shape index (κ3) is 2.77. The quantitative estimate of drug-likeness (QED) is 0.794. The van der Waals surface area contributed by atoms with E-state index in [2.05, 4.69) is 54.9 Å². The smallest absolute Gasteiger partial charge is 0.220 e. The van der Waals surface area contributed by atoms with E-state index in [-0.39, 0.29) is 11.3 Å². The van der Waals surface area contributed by atoms with E-state index >= 15 is 0 Å². The molecule has 23 heavy (non-hydrogen) atoms. The lowest BCUT2D eigenvalue weighted by atomic mass is 9.82. The Kier molecular flexibility index (Phi) is 3.98. The van der Waals surface area contributed by atoms with Crippen molar-refractivity contribution in [1.82, 2.24) is 15.1 Å². The number of hydrogen-bond donors (Lipinski definition) is 1. The molecule has 0 aliphatic heterocycles. The Hall–Kier alpha value is -2.14. The highest BCUT2D eigenvalue weighted by molar-refractivity contribution is 7.13. The van der Waals surface area contributed by atoms with Crippen LogP contribution in [0.3, 0.4) is 0 Å². The van der Waals surface area contributed by atoms with Gasteiger partial charge in [-0.25, -0.2) is 0 Å². The molecule has 5 heteroatoms. The molecule has 3 rings (SSSR count). The van der Waals surface area contributed by atoms with E-state index in [1.165, 1.54) is 10.4 Å². The normalized spacial score (nSPS) is 11.8. The molecular weight excluding hydrogens is 306 g/mol. The largest absolute Gasteiger partial charge is 0.359 e. The van der Waals surface area contributed by atoms with Crippen LogP contribution in [-0.2, 0) is 17.3 Å². The van der Waals surface area contributed by atoms with Crippen molar-refractivity contribution in [2.45, 2.75) is 25.7 Å². The number of carbonyl (C=O) groups is 1. The molecule has 2 aromatic heterocycles. The van der Waals surface area contributed by atoms with Crippen LogP contribution in [0.15, 0.2) is 35.7 Å². The lowest BCUT2D eigenvalue weighted by molar-refractivity contribution is -0.121. The molecule has 0 bridgehead atoms. The third-order valence-corrected chi connectivity index (χ3v) is 5.09. The van der Waals surface area contributed by atoms with Crippen LogP contribution in [0.25, 0.3) is 21.3 Å². The number of thiophene rings is 1. The zero-order valence-corrected chi connectivity index (χ0v) is 14.7. The molecule has 0 fully saturated rings. The SMILES string of the molecule is CNC(=O)CC(C)(C)c1nn(C)c2cccc(-c3cccs3)c12. The van der Waals surface area contributed by atoms with Gasteiger partial charge in [0.1, 0.15) is 0 Å². The monoisotopic (exact) mass is 327 g/mol. The number of fused-ring (bicyclic) bond motifs is 1. The molecule has 2 heterocycles. The molecule has 3 aromatic rings. The van der Waals surface area contributed by atoms with Crippen molar-refractivity contribution in [3.05, 3.63) is 41.4 Å². The maximum Gasteiger partial charge on any atom is 0.220 e. The van der Waals surface area contributed by atoms with Crippen molar-refractivity contribution in [1.29, 1.82) is 0 Å². The second-order valence-corrected chi connectivity index (χ2v) is 7.33. The van der Waals surface area contributed by atoms with Crippen molar-refractivity contribution < 1.29 is 4.79 Å². The summed E-state index contributed by atoms with van der Waals surface area (Å²) < 4.78 is 1.91. The summed E-state index contributed by atoms with van der Waals surface area (Å²) in [6, 6.07) is 10.5. The van der Waals surface area contributed by atoms with Gasteiger partial charge in [0.15, 0.2) is 0 Å². The predicted octanol–water partition coefficient (Wildman–Crippen LogP) is 3.72. The minimum absolute atomic E-state index is 0.0300. The molecule has 1 amide bonds. The second-order valence-electron chi connectivity index (χ2n) is 6.38. The standard InChI is InChI=1S/C18H21N3OS/c1-18(2,11-15(22)19-3)17-16-12(14-9-6-10-23-14)7-5-8-13(16)21(4)20-17/h5-10H,11H2,1-4H3,(H,19,22). The van der Waals surface area contributed by atoms with Gasteiger partial charge in [-0.15, -0.1) is 11.3 Å². The van der Waals surface area contributed by atoms with Crippen molar-refractivity contribution in [3.63, 3.8) is 0 Å². The number of aryl methyl sites for hydroxylation is 1. The van der Waals surface area contributed by atoms with E-state index in [0.29, 0.717) is 6.42 Å². The van der Waals surface area contributed by atoms with E-state index in [9.17, 15) is 4.79 Å². The van der Waals surface area contributed by atoms with Gasteiger partial charge in [0.05, 0.1) is 11.2 Å². The van der Waals surface area contributed by atoms with Gasteiger partial charge in [-0.05, 0) is 17.5 Å². The lowest BCUT2D eigenvalue weighted by Crippen LogP contribution is -2.29. The number of amides is 1. The van der Waals surface area contributed by atoms with Gasteiger partial charge in [-0.2, -0.15) is 5.10 Å². The molecule has 0 saturated heterocycles. The fourth-order valence-electron chi connectivity index (χ4n) is 3.00. The summed E-state index contributed by atoms with van der Waals surface area (Å²) >= 11 is 1.72. The van der Waals surface area contributed by atoms with Crippen LogP contribution in [0.2, 0.25) is 0 Å². The predicted molar refractivity (Wildman–Crippen MR) is 95.7 cm³/mol. The average Bonchev–Trinajstić information content (AvgIpc) is 3.15. The van der Waals surface area contributed by atoms with E-state index in [4.69, 9.17) is 5.10 Å². The number of benzene rings is 1. The van der Waals surface area contributed by atoms with Crippen LogP contribution in [0.1, 0.15) is 26.0 Å². The fraction of sp³-hybridized carbons (Fsp3) is 0.333. The Balaban J connectivity index is 2.24. The second kappa shape index (κ2) is 5.81. The highest BCUT2D eigenvalue weighted by Crippen LogP contribution is 2.39. The molecule has 4 nitrogen and oxygen atoms in total. The summed E-state index contributed by atoms with van der Waals surface area (Å²) in [5.74, 6) is 0.0300. The van der Waals surface area contributed by atoms with E-state index < -0.39 is 0 Å². The fourth-order valence-corrected chi connectivity index (χ4v) is 3.75. The number of hydrogen-bond acceptors (Lipinski definition) is 3. The number of rotatable bonds is 4. The maximum atomic E-state index is 11.9. The van der Waals surface area contributed by atoms with Crippen molar-refractivity contribution in [3.8, 4) is 10.4 Å². The first kappa shape index (κ1) is 15.7. The topological polar surface area (TPSA) is 46.9 Å².